The Balaban J connectivity index is 1.80. The number of anilines is 1. The highest BCUT2D eigenvalue weighted by molar-refractivity contribution is 7.99. The minimum absolute atomic E-state index is 0.291. The zero-order valence-corrected chi connectivity index (χ0v) is 14.4. The molecule has 1 amide bonds. The molecule has 0 unspecified atom stereocenters. The number of fused-ring (bicyclic) bond motifs is 1. The summed E-state index contributed by atoms with van der Waals surface area (Å²) >= 11 is 3.43. The fourth-order valence-electron chi connectivity index (χ4n) is 2.45. The molecular weight excluding hydrogens is 316 g/mol. The second kappa shape index (κ2) is 6.18. The molecule has 22 heavy (non-hydrogen) atoms. The van der Waals surface area contributed by atoms with Gasteiger partial charge in [0.15, 0.2) is 0 Å². The van der Waals surface area contributed by atoms with Crippen molar-refractivity contribution >= 4 is 44.9 Å². The van der Waals surface area contributed by atoms with Crippen LogP contribution in [-0.4, -0.2) is 33.1 Å². The smallest absolute Gasteiger partial charge is 0.256 e. The number of nitrogens with zero attached hydrogens (tertiary/aromatic N) is 1. The van der Waals surface area contributed by atoms with E-state index in [0.717, 1.165) is 32.4 Å². The molecule has 1 aromatic heterocycles. The molecule has 1 aromatic carbocycles. The first-order chi connectivity index (χ1) is 10.5. The Morgan fingerprint density at radius 1 is 1.36 bits per heavy atom. The predicted octanol–water partition coefficient (Wildman–Crippen LogP) is 3.62. The Bertz CT molecular complexity index is 691. The number of nitrogens with one attached hydrogen (secondary N) is 1. The number of hydrogen-bond donors (Lipinski definition) is 2. The molecule has 0 saturated carbocycles. The Morgan fingerprint density at radius 2 is 2.09 bits per heavy atom. The van der Waals surface area contributed by atoms with Crippen molar-refractivity contribution < 1.29 is 9.90 Å². The Hall–Kier alpha value is -1.11. The van der Waals surface area contributed by atoms with Crippen LogP contribution in [0.5, 0.6) is 0 Å². The maximum absolute atomic E-state index is 12.4. The van der Waals surface area contributed by atoms with Crippen LogP contribution in [0.3, 0.4) is 0 Å². The third-order valence-corrected chi connectivity index (χ3v) is 6.20. The summed E-state index contributed by atoms with van der Waals surface area (Å²) < 4.78 is 1.06. The summed E-state index contributed by atoms with van der Waals surface area (Å²) in [4.78, 5) is 16.9. The molecule has 2 heterocycles. The fraction of sp³-hybridized carbons (Fsp3) is 0.500. The number of rotatable bonds is 3. The molecule has 3 rings (SSSR count). The highest BCUT2D eigenvalue weighted by atomic mass is 32.2. The van der Waals surface area contributed by atoms with Gasteiger partial charge in [-0.05, 0) is 42.5 Å². The van der Waals surface area contributed by atoms with Crippen LogP contribution in [0, 0.1) is 0 Å². The average Bonchev–Trinajstić information content (AvgIpc) is 2.91. The van der Waals surface area contributed by atoms with E-state index in [1.165, 1.54) is 0 Å². The topological polar surface area (TPSA) is 62.2 Å². The molecule has 1 aliphatic heterocycles. The van der Waals surface area contributed by atoms with Crippen LogP contribution >= 0.6 is 23.1 Å². The van der Waals surface area contributed by atoms with Crippen LogP contribution in [0.4, 0.5) is 5.69 Å². The van der Waals surface area contributed by atoms with Crippen molar-refractivity contribution in [1.82, 2.24) is 4.98 Å². The van der Waals surface area contributed by atoms with E-state index in [0.29, 0.717) is 18.8 Å². The second-order valence-corrected chi connectivity index (χ2v) is 8.27. The number of carbonyl (C=O) groups is 1. The van der Waals surface area contributed by atoms with Gasteiger partial charge in [0.05, 0.1) is 15.2 Å². The van der Waals surface area contributed by atoms with Gasteiger partial charge in [-0.3, -0.25) is 4.79 Å². The SMILES string of the molecule is CC(C)c1nc2ccc(NC(=O)C3(O)CCSCC3)cc2s1. The first-order valence-electron chi connectivity index (χ1n) is 7.50. The van der Waals surface area contributed by atoms with Gasteiger partial charge in [-0.15, -0.1) is 11.3 Å². The first-order valence-corrected chi connectivity index (χ1v) is 9.47. The number of hydrogen-bond acceptors (Lipinski definition) is 5. The molecule has 4 nitrogen and oxygen atoms in total. The maximum Gasteiger partial charge on any atom is 0.256 e. The van der Waals surface area contributed by atoms with E-state index in [1.807, 2.05) is 18.2 Å². The lowest BCUT2D eigenvalue weighted by molar-refractivity contribution is -0.134. The molecule has 118 valence electrons. The van der Waals surface area contributed by atoms with Gasteiger partial charge < -0.3 is 10.4 Å². The lowest BCUT2D eigenvalue weighted by Gasteiger charge is -2.30. The van der Waals surface area contributed by atoms with E-state index in [-0.39, 0.29) is 5.91 Å². The van der Waals surface area contributed by atoms with E-state index in [9.17, 15) is 9.90 Å². The molecule has 2 N–H and O–H groups in total. The third kappa shape index (κ3) is 3.14. The highest BCUT2D eigenvalue weighted by Gasteiger charge is 2.37. The molecular formula is C16H20N2O2S2. The zero-order valence-electron chi connectivity index (χ0n) is 12.8. The zero-order chi connectivity index (χ0) is 15.7. The summed E-state index contributed by atoms with van der Waals surface area (Å²) in [7, 11) is 0. The van der Waals surface area contributed by atoms with Crippen molar-refractivity contribution in [1.29, 1.82) is 0 Å². The molecule has 0 spiro atoms. The van der Waals surface area contributed by atoms with E-state index < -0.39 is 5.60 Å². The number of aromatic nitrogens is 1. The molecule has 0 atom stereocenters. The van der Waals surface area contributed by atoms with E-state index in [1.54, 1.807) is 23.1 Å². The summed E-state index contributed by atoms with van der Waals surface area (Å²) in [5.41, 5.74) is 0.458. The third-order valence-electron chi connectivity index (χ3n) is 3.90. The standard InChI is InChI=1S/C16H20N2O2S2/c1-10(2)14-18-12-4-3-11(9-13(12)22-14)17-15(19)16(20)5-7-21-8-6-16/h3-4,9-10,20H,5-8H2,1-2H3,(H,17,19). The van der Waals surface area contributed by atoms with Crippen molar-refractivity contribution in [2.24, 2.45) is 0 Å². The van der Waals surface area contributed by atoms with Crippen molar-refractivity contribution in [2.75, 3.05) is 16.8 Å². The Kier molecular flexibility index (Phi) is 4.43. The molecule has 6 heteroatoms. The second-order valence-electron chi connectivity index (χ2n) is 5.99. The highest BCUT2D eigenvalue weighted by Crippen LogP contribution is 2.31. The van der Waals surface area contributed by atoms with Gasteiger partial charge >= 0.3 is 0 Å². The van der Waals surface area contributed by atoms with Crippen LogP contribution in [0.25, 0.3) is 10.2 Å². The fourth-order valence-corrected chi connectivity index (χ4v) is 4.63. The molecule has 0 bridgehead atoms. The van der Waals surface area contributed by atoms with Crippen LogP contribution in [0.15, 0.2) is 18.2 Å². The Labute approximate surface area is 138 Å². The van der Waals surface area contributed by atoms with Crippen molar-refractivity contribution in [3.05, 3.63) is 23.2 Å². The summed E-state index contributed by atoms with van der Waals surface area (Å²) in [6.45, 7) is 4.24. The summed E-state index contributed by atoms with van der Waals surface area (Å²) in [5.74, 6) is 1.77. The minimum atomic E-state index is -1.23. The van der Waals surface area contributed by atoms with Crippen LogP contribution in [0.1, 0.15) is 37.6 Å². The van der Waals surface area contributed by atoms with Gasteiger partial charge in [0, 0.05) is 11.6 Å². The number of carbonyl (C=O) groups excluding carboxylic acids is 1. The van der Waals surface area contributed by atoms with Crippen LogP contribution < -0.4 is 5.32 Å². The largest absolute Gasteiger partial charge is 0.380 e. The normalized spacial score (nSPS) is 17.8. The van der Waals surface area contributed by atoms with Gasteiger partial charge in [-0.2, -0.15) is 11.8 Å². The molecule has 1 fully saturated rings. The maximum atomic E-state index is 12.4. The van der Waals surface area contributed by atoms with Gasteiger partial charge in [-0.1, -0.05) is 13.8 Å². The van der Waals surface area contributed by atoms with Gasteiger partial charge in [0.25, 0.3) is 5.91 Å². The monoisotopic (exact) mass is 336 g/mol. The van der Waals surface area contributed by atoms with Crippen molar-refractivity contribution in [3.8, 4) is 0 Å². The number of benzene rings is 1. The molecule has 2 aromatic rings. The summed E-state index contributed by atoms with van der Waals surface area (Å²) in [6.07, 6.45) is 1.04. The number of thiazole rings is 1. The lowest BCUT2D eigenvalue weighted by Crippen LogP contribution is -2.45. The van der Waals surface area contributed by atoms with Crippen LogP contribution in [-0.2, 0) is 4.79 Å². The summed E-state index contributed by atoms with van der Waals surface area (Å²) in [5, 5.41) is 14.4. The Morgan fingerprint density at radius 3 is 2.77 bits per heavy atom. The van der Waals surface area contributed by atoms with Crippen LogP contribution in [0.2, 0.25) is 0 Å². The van der Waals surface area contributed by atoms with E-state index in [4.69, 9.17) is 0 Å². The minimum Gasteiger partial charge on any atom is -0.380 e. The average molecular weight is 336 g/mol. The molecule has 1 saturated heterocycles. The number of aliphatic hydroxyl groups is 1. The quantitative estimate of drug-likeness (QED) is 0.899. The van der Waals surface area contributed by atoms with Gasteiger partial charge in [0.1, 0.15) is 5.60 Å². The lowest BCUT2D eigenvalue weighted by atomic mass is 9.95. The molecule has 1 aliphatic rings. The number of amides is 1. The van der Waals surface area contributed by atoms with Crippen molar-refractivity contribution in [3.63, 3.8) is 0 Å². The number of thioether (sulfide) groups is 1. The van der Waals surface area contributed by atoms with Gasteiger partial charge in [-0.25, -0.2) is 4.98 Å². The van der Waals surface area contributed by atoms with Crippen molar-refractivity contribution in [2.45, 2.75) is 38.2 Å². The summed E-state index contributed by atoms with van der Waals surface area (Å²) in [6, 6.07) is 5.72. The van der Waals surface area contributed by atoms with E-state index in [2.05, 4.69) is 24.1 Å². The molecule has 0 aliphatic carbocycles. The molecule has 0 radical (unpaired) electrons. The van der Waals surface area contributed by atoms with E-state index >= 15 is 0 Å². The first kappa shape index (κ1) is 15.8. The van der Waals surface area contributed by atoms with Gasteiger partial charge in [0.2, 0.25) is 0 Å². The predicted molar refractivity (Wildman–Crippen MR) is 93.8 cm³/mol.